The molecule has 1 saturated heterocycles. The first-order valence-electron chi connectivity index (χ1n) is 9.37. The summed E-state index contributed by atoms with van der Waals surface area (Å²) in [5.74, 6) is 1.67. The smallest absolute Gasteiger partial charge is 0.322 e. The second kappa shape index (κ2) is 8.13. The second-order valence-electron chi connectivity index (χ2n) is 6.95. The third-order valence-electron chi connectivity index (χ3n) is 4.95. The van der Waals surface area contributed by atoms with Gasteiger partial charge in [-0.1, -0.05) is 22.8 Å². The lowest BCUT2D eigenvalue weighted by molar-refractivity contribution is 0.193. The van der Waals surface area contributed by atoms with Gasteiger partial charge in [-0.25, -0.2) is 4.79 Å². The number of nitrogens with one attached hydrogen (secondary N) is 1. The summed E-state index contributed by atoms with van der Waals surface area (Å²) >= 11 is 6.24. The molecule has 150 valence electrons. The number of likely N-dealkylation sites (tertiary alicyclic amines) is 1. The van der Waals surface area contributed by atoms with E-state index < -0.39 is 0 Å². The lowest BCUT2D eigenvalue weighted by atomic mass is 10.2. The van der Waals surface area contributed by atoms with Crippen molar-refractivity contribution in [3.05, 3.63) is 58.9 Å². The largest absolute Gasteiger partial charge is 0.497 e. The summed E-state index contributed by atoms with van der Waals surface area (Å²) in [6, 6.07) is 12.4. The Hall–Kier alpha value is -3.06. The molecule has 0 radical (unpaired) electrons. The van der Waals surface area contributed by atoms with Gasteiger partial charge in [-0.15, -0.1) is 0 Å². The molecule has 2 aromatic carbocycles. The number of halogens is 1. The van der Waals surface area contributed by atoms with Gasteiger partial charge >= 0.3 is 6.03 Å². The number of hydrogen-bond acceptors (Lipinski definition) is 5. The molecule has 1 atom stereocenters. The molecule has 0 spiro atoms. The van der Waals surface area contributed by atoms with Crippen molar-refractivity contribution in [1.82, 2.24) is 15.0 Å². The van der Waals surface area contributed by atoms with Crippen molar-refractivity contribution in [1.29, 1.82) is 0 Å². The number of aromatic nitrogens is 2. The van der Waals surface area contributed by atoms with Crippen molar-refractivity contribution in [2.45, 2.75) is 25.8 Å². The summed E-state index contributed by atoms with van der Waals surface area (Å²) in [5.41, 5.74) is 2.43. The number of carbonyl (C=O) groups excluding carboxylic acids is 1. The molecule has 29 heavy (non-hydrogen) atoms. The minimum absolute atomic E-state index is 0.234. The van der Waals surface area contributed by atoms with E-state index in [1.807, 2.05) is 43.3 Å². The maximum atomic E-state index is 12.8. The van der Waals surface area contributed by atoms with E-state index in [-0.39, 0.29) is 12.1 Å². The molecule has 1 N–H and O–H groups in total. The number of methoxy groups -OCH3 is 1. The summed E-state index contributed by atoms with van der Waals surface area (Å²) in [4.78, 5) is 19.1. The number of hydrogen-bond donors (Lipinski definition) is 1. The van der Waals surface area contributed by atoms with Crippen LogP contribution in [-0.2, 0) is 0 Å². The van der Waals surface area contributed by atoms with E-state index in [2.05, 4.69) is 15.5 Å². The first-order chi connectivity index (χ1) is 14.0. The third kappa shape index (κ3) is 4.05. The van der Waals surface area contributed by atoms with Crippen LogP contribution in [0.2, 0.25) is 5.02 Å². The van der Waals surface area contributed by atoms with E-state index in [4.69, 9.17) is 20.9 Å². The molecule has 1 aliphatic heterocycles. The Morgan fingerprint density at radius 1 is 1.28 bits per heavy atom. The van der Waals surface area contributed by atoms with E-state index >= 15 is 0 Å². The van der Waals surface area contributed by atoms with Gasteiger partial charge in [0.1, 0.15) is 11.8 Å². The highest BCUT2D eigenvalue weighted by Gasteiger charge is 2.34. The van der Waals surface area contributed by atoms with Crippen LogP contribution in [-0.4, -0.2) is 34.7 Å². The van der Waals surface area contributed by atoms with Gasteiger partial charge in [-0.3, -0.25) is 0 Å². The number of aryl methyl sites for hydroxylation is 1. The SMILES string of the molecule is COc1ccc(-c2noc(C3CCCN3C(=O)Nc3ccc(C)cc3Cl)n2)cc1. The summed E-state index contributed by atoms with van der Waals surface area (Å²) in [7, 11) is 1.62. The fourth-order valence-corrected chi connectivity index (χ4v) is 3.69. The van der Waals surface area contributed by atoms with E-state index in [0.29, 0.717) is 29.0 Å². The fraction of sp³-hybridized carbons (Fsp3) is 0.286. The molecule has 1 fully saturated rings. The molecule has 1 aromatic heterocycles. The molecule has 7 nitrogen and oxygen atoms in total. The fourth-order valence-electron chi connectivity index (χ4n) is 3.40. The number of amides is 2. The number of rotatable bonds is 4. The quantitative estimate of drug-likeness (QED) is 0.646. The van der Waals surface area contributed by atoms with Crippen molar-refractivity contribution in [2.24, 2.45) is 0 Å². The highest BCUT2D eigenvalue weighted by molar-refractivity contribution is 6.33. The molecular formula is C21H21ClN4O3. The molecule has 4 rings (SSSR count). The first-order valence-corrected chi connectivity index (χ1v) is 9.75. The van der Waals surface area contributed by atoms with Crippen molar-refractivity contribution in [3.63, 3.8) is 0 Å². The highest BCUT2D eigenvalue weighted by atomic mass is 35.5. The van der Waals surface area contributed by atoms with Crippen LogP contribution in [0, 0.1) is 6.92 Å². The first kappa shape index (κ1) is 19.3. The summed E-state index contributed by atoms with van der Waals surface area (Å²) in [6.07, 6.45) is 1.62. The van der Waals surface area contributed by atoms with Crippen LogP contribution in [0.15, 0.2) is 47.0 Å². The standard InChI is InChI=1S/C21H21ClN4O3/c1-13-5-10-17(16(22)12-13)23-21(27)26-11-3-4-18(26)20-24-19(25-29-20)14-6-8-15(28-2)9-7-14/h5-10,12,18H,3-4,11H2,1-2H3,(H,23,27). The van der Waals surface area contributed by atoms with Crippen LogP contribution in [0.1, 0.15) is 30.3 Å². The van der Waals surface area contributed by atoms with Gasteiger partial charge in [0.15, 0.2) is 0 Å². The molecule has 1 aliphatic rings. The average molecular weight is 413 g/mol. The number of ether oxygens (including phenoxy) is 1. The Morgan fingerprint density at radius 3 is 2.79 bits per heavy atom. The Balaban J connectivity index is 1.50. The van der Waals surface area contributed by atoms with Gasteiger partial charge in [0.2, 0.25) is 11.7 Å². The summed E-state index contributed by atoms with van der Waals surface area (Å²) < 4.78 is 10.7. The lowest BCUT2D eigenvalue weighted by Crippen LogP contribution is -2.34. The summed E-state index contributed by atoms with van der Waals surface area (Å²) in [5, 5.41) is 7.47. The zero-order chi connectivity index (χ0) is 20.4. The number of carbonyl (C=O) groups is 1. The highest BCUT2D eigenvalue weighted by Crippen LogP contribution is 2.33. The number of benzene rings is 2. The molecule has 8 heteroatoms. The van der Waals surface area contributed by atoms with Crippen molar-refractivity contribution in [3.8, 4) is 17.1 Å². The average Bonchev–Trinajstić information content (AvgIpc) is 3.39. The van der Waals surface area contributed by atoms with Crippen molar-refractivity contribution in [2.75, 3.05) is 19.0 Å². The molecular weight excluding hydrogens is 392 g/mol. The van der Waals surface area contributed by atoms with Gasteiger partial charge in [-0.2, -0.15) is 4.98 Å². The molecule has 0 bridgehead atoms. The molecule has 2 heterocycles. The predicted octanol–water partition coefficient (Wildman–Crippen LogP) is 5.08. The van der Waals surface area contributed by atoms with Gasteiger partial charge in [-0.05, 0) is 61.7 Å². The monoisotopic (exact) mass is 412 g/mol. The molecule has 2 amide bonds. The Kier molecular flexibility index (Phi) is 5.40. The Bertz CT molecular complexity index is 1020. The van der Waals surface area contributed by atoms with E-state index in [1.54, 1.807) is 18.1 Å². The van der Waals surface area contributed by atoms with Crippen molar-refractivity contribution < 1.29 is 14.1 Å². The number of anilines is 1. The maximum Gasteiger partial charge on any atom is 0.322 e. The Labute approximate surface area is 173 Å². The molecule has 1 unspecified atom stereocenters. The van der Waals surface area contributed by atoms with Gasteiger partial charge < -0.3 is 19.5 Å². The van der Waals surface area contributed by atoms with Gasteiger partial charge in [0.05, 0.1) is 17.8 Å². The molecule has 0 saturated carbocycles. The van der Waals surface area contributed by atoms with Crippen LogP contribution < -0.4 is 10.1 Å². The van der Waals surface area contributed by atoms with Crippen molar-refractivity contribution >= 4 is 23.3 Å². The van der Waals surface area contributed by atoms with Gasteiger partial charge in [0, 0.05) is 12.1 Å². The van der Waals surface area contributed by atoms with Gasteiger partial charge in [0.25, 0.3) is 0 Å². The topological polar surface area (TPSA) is 80.5 Å². The lowest BCUT2D eigenvalue weighted by Gasteiger charge is -2.22. The number of urea groups is 1. The number of nitrogens with zero attached hydrogens (tertiary/aromatic N) is 3. The van der Waals surface area contributed by atoms with Crippen LogP contribution in [0.25, 0.3) is 11.4 Å². The zero-order valence-electron chi connectivity index (χ0n) is 16.2. The zero-order valence-corrected chi connectivity index (χ0v) is 16.9. The minimum atomic E-state index is -0.265. The normalized spacial score (nSPS) is 16.1. The van der Waals surface area contributed by atoms with Crippen LogP contribution in [0.5, 0.6) is 5.75 Å². The second-order valence-corrected chi connectivity index (χ2v) is 7.36. The van der Waals surface area contributed by atoms with Crippen LogP contribution >= 0.6 is 11.6 Å². The van der Waals surface area contributed by atoms with E-state index in [0.717, 1.165) is 29.7 Å². The van der Waals surface area contributed by atoms with E-state index in [1.165, 1.54) is 0 Å². The minimum Gasteiger partial charge on any atom is -0.497 e. The van der Waals surface area contributed by atoms with Crippen LogP contribution in [0.4, 0.5) is 10.5 Å². The molecule has 0 aliphatic carbocycles. The molecule has 3 aromatic rings. The Morgan fingerprint density at radius 2 is 2.07 bits per heavy atom. The maximum absolute atomic E-state index is 12.8. The third-order valence-corrected chi connectivity index (χ3v) is 5.27. The van der Waals surface area contributed by atoms with E-state index in [9.17, 15) is 4.79 Å². The van der Waals surface area contributed by atoms with Crippen LogP contribution in [0.3, 0.4) is 0 Å². The predicted molar refractivity (Wildman–Crippen MR) is 110 cm³/mol. The summed E-state index contributed by atoms with van der Waals surface area (Å²) in [6.45, 7) is 2.56.